The Balaban J connectivity index is 1.78. The van der Waals surface area contributed by atoms with Crippen LogP contribution in [0.5, 0.6) is 0 Å². The molecule has 0 atom stereocenters. The Morgan fingerprint density at radius 1 is 1.24 bits per heavy atom. The molecule has 94 valence electrons. The molecule has 0 amide bonds. The van der Waals surface area contributed by atoms with E-state index in [4.69, 9.17) is 0 Å². The zero-order valence-corrected chi connectivity index (χ0v) is 11.1. The van der Waals surface area contributed by atoms with Gasteiger partial charge in [-0.3, -0.25) is 0 Å². The lowest BCUT2D eigenvalue weighted by Gasteiger charge is -2.19. The number of hydrogen-bond donors (Lipinski definition) is 1. The van der Waals surface area contributed by atoms with Crippen LogP contribution in [-0.4, -0.2) is 26.2 Å². The quantitative estimate of drug-likeness (QED) is 0.777. The van der Waals surface area contributed by atoms with Crippen LogP contribution in [0, 0.1) is 0 Å². The molecule has 2 nitrogen and oxygen atoms in total. The largest absolute Gasteiger partial charge is 0.373 e. The molecule has 0 aliphatic heterocycles. The summed E-state index contributed by atoms with van der Waals surface area (Å²) in [5, 5.41) is 3.55. The lowest BCUT2D eigenvalue weighted by atomic mass is 10.1. The molecule has 2 heteroatoms. The fourth-order valence-corrected chi connectivity index (χ4v) is 2.06. The minimum atomic E-state index is 0.815. The van der Waals surface area contributed by atoms with Gasteiger partial charge in [0, 0.05) is 31.9 Å². The minimum Gasteiger partial charge on any atom is -0.373 e. The summed E-state index contributed by atoms with van der Waals surface area (Å²) in [6.07, 6.45) is 5.15. The van der Waals surface area contributed by atoms with Crippen LogP contribution in [0.15, 0.2) is 24.3 Å². The summed E-state index contributed by atoms with van der Waals surface area (Å²) in [6, 6.07) is 9.80. The number of anilines is 1. The number of likely N-dealkylation sites (N-methyl/N-ethyl adjacent to an activating group) is 1. The highest BCUT2D eigenvalue weighted by Crippen LogP contribution is 2.18. The normalized spacial score (nSPS) is 14.9. The second kappa shape index (κ2) is 6.06. The Bertz CT molecular complexity index is 327. The van der Waals surface area contributed by atoms with E-state index in [2.05, 4.69) is 48.5 Å². The second-order valence-corrected chi connectivity index (χ2v) is 5.07. The van der Waals surface area contributed by atoms with E-state index in [9.17, 15) is 0 Å². The molecule has 0 radical (unpaired) electrons. The van der Waals surface area contributed by atoms with Crippen LogP contribution in [0.1, 0.15) is 31.7 Å². The molecule has 0 spiro atoms. The molecule has 1 saturated carbocycles. The van der Waals surface area contributed by atoms with Gasteiger partial charge in [-0.1, -0.05) is 25.5 Å². The van der Waals surface area contributed by atoms with E-state index in [1.165, 1.54) is 36.9 Å². The fraction of sp³-hybridized carbons (Fsp3) is 0.600. The predicted molar refractivity (Wildman–Crippen MR) is 74.7 cm³/mol. The zero-order valence-electron chi connectivity index (χ0n) is 11.1. The van der Waals surface area contributed by atoms with E-state index < -0.39 is 0 Å². The Morgan fingerprint density at radius 3 is 2.53 bits per heavy atom. The summed E-state index contributed by atoms with van der Waals surface area (Å²) in [7, 11) is 2.17. The molecule has 0 saturated heterocycles. The molecule has 1 aliphatic rings. The maximum atomic E-state index is 3.55. The molecule has 1 aromatic rings. The highest BCUT2D eigenvalue weighted by atomic mass is 15.1. The number of nitrogens with zero attached hydrogens (tertiary/aromatic N) is 1. The van der Waals surface area contributed by atoms with Crippen molar-refractivity contribution in [1.29, 1.82) is 0 Å². The third-order valence-electron chi connectivity index (χ3n) is 3.37. The second-order valence-electron chi connectivity index (χ2n) is 5.07. The number of nitrogens with one attached hydrogen (secondary N) is 1. The molecule has 1 fully saturated rings. The average molecular weight is 232 g/mol. The van der Waals surface area contributed by atoms with E-state index in [0.717, 1.165) is 19.1 Å². The maximum absolute atomic E-state index is 3.55. The summed E-state index contributed by atoms with van der Waals surface area (Å²) < 4.78 is 0. The maximum Gasteiger partial charge on any atom is 0.0364 e. The van der Waals surface area contributed by atoms with Crippen LogP contribution >= 0.6 is 0 Å². The molecule has 0 bridgehead atoms. The van der Waals surface area contributed by atoms with Crippen LogP contribution in [-0.2, 0) is 6.42 Å². The molecule has 1 aliphatic carbocycles. The van der Waals surface area contributed by atoms with Crippen LogP contribution in [0.3, 0.4) is 0 Å². The lowest BCUT2D eigenvalue weighted by Crippen LogP contribution is -2.30. The van der Waals surface area contributed by atoms with E-state index in [1.807, 2.05) is 0 Å². The van der Waals surface area contributed by atoms with E-state index >= 15 is 0 Å². The summed E-state index contributed by atoms with van der Waals surface area (Å²) in [6.45, 7) is 4.41. The van der Waals surface area contributed by atoms with Crippen molar-refractivity contribution >= 4 is 5.69 Å². The van der Waals surface area contributed by atoms with Gasteiger partial charge in [-0.2, -0.15) is 0 Å². The standard InChI is InChI=1S/C15H24N2/c1-3-4-13-5-9-15(10-6-13)17(2)12-11-16-14-7-8-14/h5-6,9-10,14,16H,3-4,7-8,11-12H2,1-2H3. The van der Waals surface area contributed by atoms with Crippen LogP contribution in [0.2, 0.25) is 0 Å². The van der Waals surface area contributed by atoms with Crippen LogP contribution in [0.25, 0.3) is 0 Å². The van der Waals surface area contributed by atoms with Gasteiger partial charge in [0.25, 0.3) is 0 Å². The zero-order chi connectivity index (χ0) is 12.1. The monoisotopic (exact) mass is 232 g/mol. The van der Waals surface area contributed by atoms with Gasteiger partial charge >= 0.3 is 0 Å². The van der Waals surface area contributed by atoms with Crippen molar-refractivity contribution in [1.82, 2.24) is 5.32 Å². The summed E-state index contributed by atoms with van der Waals surface area (Å²) in [4.78, 5) is 2.32. The number of hydrogen-bond acceptors (Lipinski definition) is 2. The SMILES string of the molecule is CCCc1ccc(N(C)CCNC2CC2)cc1. The lowest BCUT2D eigenvalue weighted by molar-refractivity contribution is 0.675. The van der Waals surface area contributed by atoms with Crippen LogP contribution < -0.4 is 10.2 Å². The first-order valence-electron chi connectivity index (χ1n) is 6.83. The van der Waals surface area contributed by atoms with Crippen molar-refractivity contribution in [2.75, 3.05) is 25.0 Å². The number of benzene rings is 1. The van der Waals surface area contributed by atoms with Gasteiger partial charge in [-0.15, -0.1) is 0 Å². The smallest absolute Gasteiger partial charge is 0.0364 e. The first-order chi connectivity index (χ1) is 8.29. The topological polar surface area (TPSA) is 15.3 Å². The first kappa shape index (κ1) is 12.4. The molecular formula is C15H24N2. The van der Waals surface area contributed by atoms with Crippen molar-refractivity contribution in [3.63, 3.8) is 0 Å². The average Bonchev–Trinajstić information content (AvgIpc) is 3.14. The Kier molecular flexibility index (Phi) is 4.43. The first-order valence-corrected chi connectivity index (χ1v) is 6.83. The van der Waals surface area contributed by atoms with Crippen molar-refractivity contribution in [3.05, 3.63) is 29.8 Å². The van der Waals surface area contributed by atoms with Crippen molar-refractivity contribution in [2.24, 2.45) is 0 Å². The third kappa shape index (κ3) is 4.04. The Hall–Kier alpha value is -1.02. The summed E-state index contributed by atoms with van der Waals surface area (Å²) in [5.74, 6) is 0. The minimum absolute atomic E-state index is 0.815. The molecule has 1 N–H and O–H groups in total. The van der Waals surface area contributed by atoms with Crippen molar-refractivity contribution < 1.29 is 0 Å². The van der Waals surface area contributed by atoms with Gasteiger partial charge in [0.1, 0.15) is 0 Å². The summed E-state index contributed by atoms with van der Waals surface area (Å²) >= 11 is 0. The van der Waals surface area contributed by atoms with Gasteiger partial charge in [0.2, 0.25) is 0 Å². The third-order valence-corrected chi connectivity index (χ3v) is 3.37. The van der Waals surface area contributed by atoms with Gasteiger partial charge in [0.15, 0.2) is 0 Å². The summed E-state index contributed by atoms with van der Waals surface area (Å²) in [5.41, 5.74) is 2.77. The van der Waals surface area contributed by atoms with Gasteiger partial charge in [-0.05, 0) is 37.0 Å². The molecular weight excluding hydrogens is 208 g/mol. The predicted octanol–water partition coefficient (Wildman–Crippen LogP) is 2.83. The van der Waals surface area contributed by atoms with Crippen molar-refractivity contribution in [2.45, 2.75) is 38.6 Å². The highest BCUT2D eigenvalue weighted by molar-refractivity contribution is 5.46. The van der Waals surface area contributed by atoms with E-state index in [-0.39, 0.29) is 0 Å². The Labute approximate surface area is 105 Å². The van der Waals surface area contributed by atoms with Gasteiger partial charge in [-0.25, -0.2) is 0 Å². The van der Waals surface area contributed by atoms with E-state index in [1.54, 1.807) is 0 Å². The molecule has 1 aromatic carbocycles. The highest BCUT2D eigenvalue weighted by Gasteiger charge is 2.19. The molecule has 2 rings (SSSR count). The molecule has 0 unspecified atom stereocenters. The van der Waals surface area contributed by atoms with E-state index in [0.29, 0.717) is 0 Å². The van der Waals surface area contributed by atoms with Gasteiger partial charge in [0.05, 0.1) is 0 Å². The Morgan fingerprint density at radius 2 is 1.94 bits per heavy atom. The molecule has 0 heterocycles. The molecule has 17 heavy (non-hydrogen) atoms. The van der Waals surface area contributed by atoms with Crippen LogP contribution in [0.4, 0.5) is 5.69 Å². The number of aryl methyl sites for hydroxylation is 1. The van der Waals surface area contributed by atoms with Gasteiger partial charge < -0.3 is 10.2 Å². The number of rotatable bonds is 7. The molecule has 0 aromatic heterocycles. The fourth-order valence-electron chi connectivity index (χ4n) is 2.06. The van der Waals surface area contributed by atoms with Crippen molar-refractivity contribution in [3.8, 4) is 0 Å².